The maximum atomic E-state index is 13.1. The lowest BCUT2D eigenvalue weighted by atomic mass is 9.99. The first-order chi connectivity index (χ1) is 10.9. The van der Waals surface area contributed by atoms with Crippen molar-refractivity contribution in [2.45, 2.75) is 11.8 Å². The number of halogens is 1. The Morgan fingerprint density at radius 2 is 1.52 bits per heavy atom. The van der Waals surface area contributed by atoms with Gasteiger partial charge in [-0.3, -0.25) is 0 Å². The van der Waals surface area contributed by atoms with Crippen LogP contribution in [0.15, 0.2) is 57.9 Å². The zero-order valence-electron chi connectivity index (χ0n) is 12.6. The summed E-state index contributed by atoms with van der Waals surface area (Å²) in [6.45, 7) is 1.78. The molecule has 3 aromatic rings. The van der Waals surface area contributed by atoms with E-state index in [-0.39, 0.29) is 10.7 Å². The van der Waals surface area contributed by atoms with Gasteiger partial charge in [-0.25, -0.2) is 12.8 Å². The van der Waals surface area contributed by atoms with E-state index in [2.05, 4.69) is 5.16 Å². The van der Waals surface area contributed by atoms with Crippen molar-refractivity contribution in [2.24, 2.45) is 0 Å². The Morgan fingerprint density at radius 1 is 0.957 bits per heavy atom. The zero-order chi connectivity index (χ0) is 16.6. The molecule has 0 bridgehead atoms. The molecule has 4 nitrogen and oxygen atoms in total. The topological polar surface area (TPSA) is 60.2 Å². The Kier molecular flexibility index (Phi) is 3.77. The summed E-state index contributed by atoms with van der Waals surface area (Å²) in [4.78, 5) is 0.241. The van der Waals surface area contributed by atoms with Crippen LogP contribution in [-0.4, -0.2) is 19.8 Å². The van der Waals surface area contributed by atoms with Gasteiger partial charge in [0.2, 0.25) is 0 Å². The molecule has 0 atom stereocenters. The van der Waals surface area contributed by atoms with Crippen LogP contribution < -0.4 is 0 Å². The molecule has 0 spiro atoms. The molecule has 3 rings (SSSR count). The van der Waals surface area contributed by atoms with Crippen molar-refractivity contribution in [3.8, 4) is 22.4 Å². The molecule has 0 amide bonds. The largest absolute Gasteiger partial charge is 0.360 e. The number of sulfone groups is 1. The van der Waals surface area contributed by atoms with Crippen LogP contribution in [0.1, 0.15) is 5.76 Å². The second-order valence-electron chi connectivity index (χ2n) is 5.27. The van der Waals surface area contributed by atoms with Crippen molar-refractivity contribution < 1.29 is 17.3 Å². The summed E-state index contributed by atoms with van der Waals surface area (Å²) >= 11 is 0. The molecule has 0 unspecified atom stereocenters. The molecule has 0 radical (unpaired) electrons. The van der Waals surface area contributed by atoms with E-state index >= 15 is 0 Å². The molecule has 0 aliphatic carbocycles. The van der Waals surface area contributed by atoms with Crippen LogP contribution in [0, 0.1) is 12.7 Å². The lowest BCUT2D eigenvalue weighted by Gasteiger charge is -2.04. The highest BCUT2D eigenvalue weighted by Gasteiger charge is 2.17. The fourth-order valence-electron chi connectivity index (χ4n) is 2.39. The number of aryl methyl sites for hydroxylation is 1. The van der Waals surface area contributed by atoms with E-state index in [0.29, 0.717) is 11.5 Å². The maximum Gasteiger partial charge on any atom is 0.175 e. The third-order valence-electron chi connectivity index (χ3n) is 3.55. The second kappa shape index (κ2) is 5.62. The molecule has 23 heavy (non-hydrogen) atoms. The lowest BCUT2D eigenvalue weighted by molar-refractivity contribution is 0.400. The van der Waals surface area contributed by atoms with Crippen molar-refractivity contribution in [1.29, 1.82) is 0 Å². The number of rotatable bonds is 3. The Hall–Kier alpha value is -2.47. The monoisotopic (exact) mass is 331 g/mol. The van der Waals surface area contributed by atoms with Crippen molar-refractivity contribution in [2.75, 3.05) is 6.26 Å². The van der Waals surface area contributed by atoms with Gasteiger partial charge in [0.15, 0.2) is 9.84 Å². The van der Waals surface area contributed by atoms with Gasteiger partial charge in [0.1, 0.15) is 17.3 Å². The molecule has 6 heteroatoms. The minimum Gasteiger partial charge on any atom is -0.360 e. The van der Waals surface area contributed by atoms with Gasteiger partial charge in [0, 0.05) is 11.8 Å². The predicted molar refractivity (Wildman–Crippen MR) is 85.2 cm³/mol. The van der Waals surface area contributed by atoms with Crippen LogP contribution in [0.4, 0.5) is 4.39 Å². The molecule has 2 aromatic carbocycles. The van der Waals surface area contributed by atoms with Crippen LogP contribution in [0.5, 0.6) is 0 Å². The van der Waals surface area contributed by atoms with E-state index in [9.17, 15) is 12.8 Å². The first kappa shape index (κ1) is 15.4. The first-order valence-corrected chi connectivity index (χ1v) is 8.78. The van der Waals surface area contributed by atoms with Gasteiger partial charge in [0.25, 0.3) is 0 Å². The van der Waals surface area contributed by atoms with E-state index < -0.39 is 9.84 Å². The van der Waals surface area contributed by atoms with E-state index in [1.54, 1.807) is 31.2 Å². The lowest BCUT2D eigenvalue weighted by Crippen LogP contribution is -1.96. The summed E-state index contributed by atoms with van der Waals surface area (Å²) in [6.07, 6.45) is 1.16. The highest BCUT2D eigenvalue weighted by Crippen LogP contribution is 2.34. The average Bonchev–Trinajstić information content (AvgIpc) is 2.89. The molecular weight excluding hydrogens is 317 g/mol. The molecule has 1 heterocycles. The summed E-state index contributed by atoms with van der Waals surface area (Å²) in [7, 11) is -3.25. The Labute approximate surface area is 133 Å². The summed E-state index contributed by atoms with van der Waals surface area (Å²) in [5.74, 6) is 0.292. The van der Waals surface area contributed by atoms with E-state index in [0.717, 1.165) is 22.9 Å². The molecule has 0 N–H and O–H groups in total. The quantitative estimate of drug-likeness (QED) is 0.731. The van der Waals surface area contributed by atoms with Gasteiger partial charge in [-0.15, -0.1) is 0 Å². The Balaban J connectivity index is 2.10. The number of hydrogen-bond donors (Lipinski definition) is 0. The van der Waals surface area contributed by atoms with Crippen molar-refractivity contribution in [3.63, 3.8) is 0 Å². The molecule has 118 valence electrons. The van der Waals surface area contributed by atoms with Gasteiger partial charge in [-0.1, -0.05) is 29.4 Å². The van der Waals surface area contributed by atoms with E-state index in [1.807, 2.05) is 0 Å². The summed E-state index contributed by atoms with van der Waals surface area (Å²) < 4.78 is 41.5. The van der Waals surface area contributed by atoms with Gasteiger partial charge in [-0.05, 0) is 36.8 Å². The molecular formula is C17H14FNO3S. The zero-order valence-corrected chi connectivity index (χ0v) is 13.4. The van der Waals surface area contributed by atoms with E-state index in [4.69, 9.17) is 4.52 Å². The number of nitrogens with zero attached hydrogens (tertiary/aromatic N) is 1. The number of aromatic nitrogens is 1. The molecule has 0 aliphatic rings. The SMILES string of the molecule is Cc1onc(-c2ccc(S(C)(=O)=O)cc2)c1-c1ccc(F)cc1. The van der Waals surface area contributed by atoms with Crippen LogP contribution in [0.25, 0.3) is 22.4 Å². The van der Waals surface area contributed by atoms with Crippen LogP contribution in [0.2, 0.25) is 0 Å². The summed E-state index contributed by atoms with van der Waals surface area (Å²) in [5, 5.41) is 4.06. The van der Waals surface area contributed by atoms with Crippen LogP contribution >= 0.6 is 0 Å². The van der Waals surface area contributed by atoms with Gasteiger partial charge < -0.3 is 4.52 Å². The van der Waals surface area contributed by atoms with Crippen molar-refractivity contribution in [1.82, 2.24) is 5.16 Å². The highest BCUT2D eigenvalue weighted by molar-refractivity contribution is 7.90. The molecule has 0 saturated carbocycles. The van der Waals surface area contributed by atoms with Crippen LogP contribution in [0.3, 0.4) is 0 Å². The Bertz CT molecular complexity index is 943. The highest BCUT2D eigenvalue weighted by atomic mass is 32.2. The summed E-state index contributed by atoms with van der Waals surface area (Å²) in [6, 6.07) is 12.5. The minimum absolute atomic E-state index is 0.241. The average molecular weight is 331 g/mol. The molecule has 0 fully saturated rings. The Morgan fingerprint density at radius 3 is 2.09 bits per heavy atom. The second-order valence-corrected chi connectivity index (χ2v) is 7.28. The van der Waals surface area contributed by atoms with Gasteiger partial charge in [0.05, 0.1) is 10.5 Å². The third kappa shape index (κ3) is 3.03. The smallest absolute Gasteiger partial charge is 0.175 e. The maximum absolute atomic E-state index is 13.1. The third-order valence-corrected chi connectivity index (χ3v) is 4.68. The van der Waals surface area contributed by atoms with E-state index in [1.165, 1.54) is 24.3 Å². The first-order valence-electron chi connectivity index (χ1n) is 6.89. The normalized spacial score (nSPS) is 11.6. The number of benzene rings is 2. The van der Waals surface area contributed by atoms with Crippen molar-refractivity contribution >= 4 is 9.84 Å². The van der Waals surface area contributed by atoms with Crippen molar-refractivity contribution in [3.05, 3.63) is 60.1 Å². The van der Waals surface area contributed by atoms with Crippen LogP contribution in [-0.2, 0) is 9.84 Å². The molecule has 0 aliphatic heterocycles. The molecule has 0 saturated heterocycles. The fraction of sp³-hybridized carbons (Fsp3) is 0.118. The fourth-order valence-corrected chi connectivity index (χ4v) is 3.02. The molecule has 1 aromatic heterocycles. The van der Waals surface area contributed by atoms with Gasteiger partial charge in [-0.2, -0.15) is 0 Å². The minimum atomic E-state index is -3.25. The number of hydrogen-bond acceptors (Lipinski definition) is 4. The summed E-state index contributed by atoms with van der Waals surface area (Å²) in [5.41, 5.74) is 2.87. The standard InChI is InChI=1S/C17H14FNO3S/c1-11-16(12-3-7-14(18)8-4-12)17(19-22-11)13-5-9-15(10-6-13)23(2,20)21/h3-10H,1-2H3. The van der Waals surface area contributed by atoms with Gasteiger partial charge >= 0.3 is 0 Å². The predicted octanol–water partition coefficient (Wildman–Crippen LogP) is 3.86.